The molecule has 1 aliphatic heterocycles. The second-order valence-electron chi connectivity index (χ2n) is 7.72. The van der Waals surface area contributed by atoms with Crippen molar-refractivity contribution in [1.29, 1.82) is 0 Å². The lowest BCUT2D eigenvalue weighted by atomic mass is 10.0. The van der Waals surface area contributed by atoms with E-state index in [-0.39, 0.29) is 5.82 Å². The summed E-state index contributed by atoms with van der Waals surface area (Å²) in [5.41, 5.74) is 3.42. The summed E-state index contributed by atoms with van der Waals surface area (Å²) >= 11 is 12.4. The van der Waals surface area contributed by atoms with Crippen molar-refractivity contribution in [3.63, 3.8) is 0 Å². The highest BCUT2D eigenvalue weighted by Gasteiger charge is 2.36. The quantitative estimate of drug-likeness (QED) is 0.457. The van der Waals surface area contributed by atoms with Gasteiger partial charge in [-0.1, -0.05) is 47.5 Å². The number of hydrazone groups is 1. The molecule has 0 saturated heterocycles. The molecule has 2 aliphatic rings. The third-order valence-electron chi connectivity index (χ3n) is 5.50. The van der Waals surface area contributed by atoms with Crippen molar-refractivity contribution in [3.8, 4) is 11.1 Å². The number of hydrogen-bond acceptors (Lipinski definition) is 3. The van der Waals surface area contributed by atoms with Crippen molar-refractivity contribution in [1.82, 2.24) is 9.91 Å². The molecule has 0 atom stereocenters. The third kappa shape index (κ3) is 3.90. The predicted molar refractivity (Wildman–Crippen MR) is 120 cm³/mol. The van der Waals surface area contributed by atoms with Crippen LogP contribution in [0.4, 0.5) is 4.39 Å². The first-order chi connectivity index (χ1) is 14.6. The van der Waals surface area contributed by atoms with Gasteiger partial charge in [0.05, 0.1) is 6.54 Å². The average Bonchev–Trinajstić information content (AvgIpc) is 3.51. The van der Waals surface area contributed by atoms with Crippen LogP contribution in [0.2, 0.25) is 10.0 Å². The van der Waals surface area contributed by atoms with Gasteiger partial charge in [0.15, 0.2) is 5.84 Å². The molecule has 3 aromatic carbocycles. The Kier molecular flexibility index (Phi) is 5.13. The van der Waals surface area contributed by atoms with Crippen LogP contribution in [-0.2, 0) is 6.54 Å². The largest absolute Gasteiger partial charge is 0.333 e. The second-order valence-corrected chi connectivity index (χ2v) is 8.57. The highest BCUT2D eigenvalue weighted by atomic mass is 35.5. The molecule has 1 heterocycles. The molecular weight excluding hydrogens is 420 g/mol. The Morgan fingerprint density at radius 2 is 1.67 bits per heavy atom. The number of halogens is 3. The van der Waals surface area contributed by atoms with Gasteiger partial charge in [-0.05, 0) is 60.9 Å². The van der Waals surface area contributed by atoms with Crippen LogP contribution in [0.15, 0.2) is 71.8 Å². The van der Waals surface area contributed by atoms with Crippen LogP contribution in [0.5, 0.6) is 0 Å². The molecule has 0 spiro atoms. The Labute approximate surface area is 185 Å². The molecule has 0 N–H and O–H groups in total. The predicted octanol–water partition coefficient (Wildman–Crippen LogP) is 6.40. The summed E-state index contributed by atoms with van der Waals surface area (Å²) in [5.74, 6) is 0.691. The smallest absolute Gasteiger partial charge is 0.157 e. The molecule has 1 aliphatic carbocycles. The van der Waals surface area contributed by atoms with E-state index in [4.69, 9.17) is 28.3 Å². The van der Waals surface area contributed by atoms with Gasteiger partial charge in [0, 0.05) is 32.8 Å². The van der Waals surface area contributed by atoms with Crippen molar-refractivity contribution in [2.24, 2.45) is 5.10 Å². The Balaban J connectivity index is 1.43. The lowest BCUT2D eigenvalue weighted by Gasteiger charge is -2.21. The van der Waals surface area contributed by atoms with E-state index in [1.807, 2.05) is 59.6 Å². The van der Waals surface area contributed by atoms with Crippen molar-refractivity contribution in [2.45, 2.75) is 25.4 Å². The standard InChI is InChI=1S/C24H20Cl2FN3/c25-19-8-5-16(6-9-19)24-28-29(15-30(24)20-10-11-20)14-18-13-17(7-12-23(18)27)21-3-1-2-4-22(21)26/h1-9,12-13,20H,10-11,14-15H2. The maximum absolute atomic E-state index is 14.6. The minimum absolute atomic E-state index is 0.237. The first-order valence-corrected chi connectivity index (χ1v) is 10.7. The van der Waals surface area contributed by atoms with Gasteiger partial charge < -0.3 is 4.90 Å². The average molecular weight is 440 g/mol. The second kappa shape index (κ2) is 7.93. The monoisotopic (exact) mass is 439 g/mol. The molecular formula is C24H20Cl2FN3. The topological polar surface area (TPSA) is 18.8 Å². The van der Waals surface area contributed by atoms with E-state index in [0.717, 1.165) is 35.4 Å². The van der Waals surface area contributed by atoms with Crippen LogP contribution in [0.1, 0.15) is 24.0 Å². The third-order valence-corrected chi connectivity index (χ3v) is 6.08. The maximum atomic E-state index is 14.6. The summed E-state index contributed by atoms with van der Waals surface area (Å²) < 4.78 is 14.6. The molecule has 3 nitrogen and oxygen atoms in total. The van der Waals surface area contributed by atoms with E-state index in [2.05, 4.69) is 4.90 Å². The zero-order valence-electron chi connectivity index (χ0n) is 16.2. The van der Waals surface area contributed by atoms with E-state index in [9.17, 15) is 4.39 Å². The Hall–Kier alpha value is -2.56. The SMILES string of the molecule is Fc1ccc(-c2ccccc2Cl)cc1CN1CN(C2CC2)C(c2ccc(Cl)cc2)=N1. The molecule has 0 unspecified atom stereocenters. The van der Waals surface area contributed by atoms with Gasteiger partial charge in [-0.25, -0.2) is 4.39 Å². The summed E-state index contributed by atoms with van der Waals surface area (Å²) in [5, 5.41) is 8.11. The molecule has 30 heavy (non-hydrogen) atoms. The first kappa shape index (κ1) is 19.4. The van der Waals surface area contributed by atoms with E-state index in [0.29, 0.717) is 34.9 Å². The summed E-state index contributed by atoms with van der Waals surface area (Å²) in [7, 11) is 0. The van der Waals surface area contributed by atoms with E-state index in [1.54, 1.807) is 6.07 Å². The number of benzene rings is 3. The summed E-state index contributed by atoms with van der Waals surface area (Å²) in [6.07, 6.45) is 2.33. The van der Waals surface area contributed by atoms with Gasteiger partial charge in [-0.3, -0.25) is 5.01 Å². The minimum Gasteiger partial charge on any atom is -0.333 e. The van der Waals surface area contributed by atoms with Gasteiger partial charge >= 0.3 is 0 Å². The van der Waals surface area contributed by atoms with Crippen molar-refractivity contribution in [2.75, 3.05) is 6.67 Å². The number of nitrogens with zero attached hydrogens (tertiary/aromatic N) is 3. The number of hydrogen-bond donors (Lipinski definition) is 0. The lowest BCUT2D eigenvalue weighted by Crippen LogP contribution is -2.33. The molecule has 3 aromatic rings. The molecule has 152 valence electrons. The van der Waals surface area contributed by atoms with Crippen LogP contribution < -0.4 is 0 Å². The van der Waals surface area contributed by atoms with Crippen molar-refractivity contribution < 1.29 is 4.39 Å². The number of amidine groups is 1. The van der Waals surface area contributed by atoms with E-state index >= 15 is 0 Å². The summed E-state index contributed by atoms with van der Waals surface area (Å²) in [6, 6.07) is 21.0. The zero-order valence-corrected chi connectivity index (χ0v) is 17.7. The first-order valence-electron chi connectivity index (χ1n) is 9.98. The molecule has 0 bridgehead atoms. The summed E-state index contributed by atoms with van der Waals surface area (Å²) in [4.78, 5) is 2.30. The lowest BCUT2D eigenvalue weighted by molar-refractivity contribution is 0.220. The summed E-state index contributed by atoms with van der Waals surface area (Å²) in [6.45, 7) is 1.04. The van der Waals surface area contributed by atoms with Crippen LogP contribution >= 0.6 is 23.2 Å². The highest BCUT2D eigenvalue weighted by molar-refractivity contribution is 6.33. The molecule has 1 fully saturated rings. The van der Waals surface area contributed by atoms with Crippen LogP contribution in [0.3, 0.4) is 0 Å². The fraction of sp³-hybridized carbons (Fsp3) is 0.208. The van der Waals surface area contributed by atoms with Crippen molar-refractivity contribution >= 4 is 29.0 Å². The van der Waals surface area contributed by atoms with Gasteiger partial charge in [-0.15, -0.1) is 0 Å². The van der Waals surface area contributed by atoms with Crippen LogP contribution in [0, 0.1) is 5.82 Å². The maximum Gasteiger partial charge on any atom is 0.157 e. The van der Waals surface area contributed by atoms with Crippen molar-refractivity contribution in [3.05, 3.63) is 93.7 Å². The molecule has 6 heteroatoms. The Bertz CT molecular complexity index is 1110. The Morgan fingerprint density at radius 3 is 2.40 bits per heavy atom. The highest BCUT2D eigenvalue weighted by Crippen LogP contribution is 2.33. The molecule has 1 saturated carbocycles. The normalized spacial score (nSPS) is 16.2. The molecule has 0 radical (unpaired) electrons. The number of rotatable bonds is 5. The molecule has 0 amide bonds. The molecule has 0 aromatic heterocycles. The fourth-order valence-corrected chi connectivity index (χ4v) is 4.17. The van der Waals surface area contributed by atoms with Gasteiger partial charge in [0.1, 0.15) is 12.5 Å². The van der Waals surface area contributed by atoms with Gasteiger partial charge in [0.2, 0.25) is 0 Å². The zero-order chi connectivity index (χ0) is 20.7. The fourth-order valence-electron chi connectivity index (χ4n) is 3.80. The van der Waals surface area contributed by atoms with Gasteiger partial charge in [0.25, 0.3) is 0 Å². The Morgan fingerprint density at radius 1 is 0.933 bits per heavy atom. The van der Waals surface area contributed by atoms with E-state index < -0.39 is 0 Å². The van der Waals surface area contributed by atoms with Crippen LogP contribution in [-0.4, -0.2) is 28.5 Å². The van der Waals surface area contributed by atoms with Gasteiger partial charge in [-0.2, -0.15) is 5.10 Å². The van der Waals surface area contributed by atoms with Crippen LogP contribution in [0.25, 0.3) is 11.1 Å². The minimum atomic E-state index is -0.237. The molecule has 5 rings (SSSR count). The van der Waals surface area contributed by atoms with E-state index in [1.165, 1.54) is 6.07 Å².